The Morgan fingerprint density at radius 2 is 1.93 bits per heavy atom. The average Bonchev–Trinajstić information content (AvgIpc) is 3.15. The lowest BCUT2D eigenvalue weighted by Crippen LogP contribution is -2.41. The van der Waals surface area contributed by atoms with Crippen molar-refractivity contribution in [2.45, 2.75) is 18.9 Å². The van der Waals surface area contributed by atoms with Gasteiger partial charge in [-0.3, -0.25) is 19.4 Å². The maximum Gasteiger partial charge on any atom is 0.254 e. The first-order valence-corrected chi connectivity index (χ1v) is 9.84. The van der Waals surface area contributed by atoms with Crippen LogP contribution in [0.3, 0.4) is 0 Å². The molecule has 0 saturated heterocycles. The molecule has 8 nitrogen and oxygen atoms in total. The number of fused-ring (bicyclic) bond motifs is 1. The Bertz CT molecular complexity index is 1070. The number of amides is 3. The second-order valence-electron chi connectivity index (χ2n) is 6.42. The molecule has 2 aromatic heterocycles. The molecule has 1 aromatic carbocycles. The fraction of sp³-hybridized carbons (Fsp3) is 0.150. The van der Waals surface area contributed by atoms with Crippen molar-refractivity contribution in [1.29, 1.82) is 0 Å². The molecule has 0 saturated carbocycles. The number of pyridine rings is 1. The molecule has 0 aliphatic carbocycles. The number of hydrogen-bond donors (Lipinski definition) is 3. The normalized spacial score (nSPS) is 15.7. The van der Waals surface area contributed by atoms with Gasteiger partial charge in [0, 0.05) is 29.8 Å². The van der Waals surface area contributed by atoms with Crippen molar-refractivity contribution in [3.05, 3.63) is 59.7 Å². The van der Waals surface area contributed by atoms with Gasteiger partial charge in [0.2, 0.25) is 11.8 Å². The zero-order valence-corrected chi connectivity index (χ0v) is 16.0. The van der Waals surface area contributed by atoms with E-state index in [1.807, 2.05) is 17.5 Å². The van der Waals surface area contributed by atoms with Crippen LogP contribution < -0.4 is 16.0 Å². The summed E-state index contributed by atoms with van der Waals surface area (Å²) in [5.41, 5.74) is 2.53. The van der Waals surface area contributed by atoms with Crippen LogP contribution in [-0.4, -0.2) is 33.7 Å². The number of para-hydroxylation sites is 1. The Labute approximate surface area is 170 Å². The fourth-order valence-corrected chi connectivity index (χ4v) is 3.69. The molecule has 0 spiro atoms. The smallest absolute Gasteiger partial charge is 0.254 e. The Kier molecular flexibility index (Phi) is 5.30. The minimum Gasteiger partial charge on any atom is -0.340 e. The monoisotopic (exact) mass is 407 g/mol. The molecule has 9 heteroatoms. The van der Waals surface area contributed by atoms with Crippen molar-refractivity contribution >= 4 is 39.9 Å². The van der Waals surface area contributed by atoms with Crippen LogP contribution in [0.25, 0.3) is 11.3 Å². The Morgan fingerprint density at radius 1 is 1.14 bits per heavy atom. The van der Waals surface area contributed by atoms with Gasteiger partial charge in [-0.15, -0.1) is 11.3 Å². The number of carbonyl (C=O) groups is 3. The van der Waals surface area contributed by atoms with Gasteiger partial charge in [-0.25, -0.2) is 4.98 Å². The summed E-state index contributed by atoms with van der Waals surface area (Å²) < 4.78 is 0. The maximum absolute atomic E-state index is 12.4. The van der Waals surface area contributed by atoms with Crippen molar-refractivity contribution in [2.75, 3.05) is 10.6 Å². The van der Waals surface area contributed by atoms with Crippen LogP contribution in [0.15, 0.2) is 54.2 Å². The summed E-state index contributed by atoms with van der Waals surface area (Å²) in [5.74, 6) is -0.957. The summed E-state index contributed by atoms with van der Waals surface area (Å²) in [6.45, 7) is 0. The highest BCUT2D eigenvalue weighted by molar-refractivity contribution is 7.14. The van der Waals surface area contributed by atoms with Crippen LogP contribution in [0.1, 0.15) is 23.2 Å². The zero-order valence-electron chi connectivity index (χ0n) is 15.2. The van der Waals surface area contributed by atoms with Crippen LogP contribution in [0.2, 0.25) is 0 Å². The Hall–Kier alpha value is -3.59. The molecule has 3 aromatic rings. The largest absolute Gasteiger partial charge is 0.340 e. The third kappa shape index (κ3) is 4.30. The van der Waals surface area contributed by atoms with Gasteiger partial charge in [0.05, 0.1) is 16.9 Å². The van der Waals surface area contributed by atoms with Crippen LogP contribution in [0.5, 0.6) is 0 Å². The number of anilines is 2. The predicted octanol–water partition coefficient (Wildman–Crippen LogP) is 2.67. The van der Waals surface area contributed by atoms with Crippen molar-refractivity contribution in [3.63, 3.8) is 0 Å². The first-order valence-electron chi connectivity index (χ1n) is 8.97. The lowest BCUT2D eigenvalue weighted by molar-refractivity contribution is -0.118. The number of carbonyl (C=O) groups excluding carboxylic acids is 3. The van der Waals surface area contributed by atoms with E-state index in [9.17, 15) is 14.4 Å². The third-order valence-electron chi connectivity index (χ3n) is 4.44. The Balaban J connectivity index is 1.35. The number of thiazole rings is 1. The van der Waals surface area contributed by atoms with Gasteiger partial charge >= 0.3 is 0 Å². The number of aromatic nitrogens is 2. The molecule has 4 rings (SSSR count). The van der Waals surface area contributed by atoms with Gasteiger partial charge in [0.1, 0.15) is 6.04 Å². The van der Waals surface area contributed by atoms with E-state index >= 15 is 0 Å². The van der Waals surface area contributed by atoms with E-state index in [0.29, 0.717) is 16.4 Å². The van der Waals surface area contributed by atoms with Gasteiger partial charge in [-0.05, 0) is 30.7 Å². The van der Waals surface area contributed by atoms with E-state index in [1.165, 1.54) is 11.3 Å². The third-order valence-corrected chi connectivity index (χ3v) is 5.20. The SMILES string of the molecule is O=C(CC[C@H]1NC(=O)c2ccccc2NC1=O)Nc1nc(-c2ccncc2)cs1. The average molecular weight is 407 g/mol. The van der Waals surface area contributed by atoms with Crippen molar-refractivity contribution in [2.24, 2.45) is 0 Å². The molecule has 1 atom stereocenters. The van der Waals surface area contributed by atoms with Crippen molar-refractivity contribution in [1.82, 2.24) is 15.3 Å². The summed E-state index contributed by atoms with van der Waals surface area (Å²) in [6.07, 6.45) is 3.60. The van der Waals surface area contributed by atoms with E-state index in [1.54, 1.807) is 36.7 Å². The molecule has 0 bridgehead atoms. The van der Waals surface area contributed by atoms with Crippen molar-refractivity contribution in [3.8, 4) is 11.3 Å². The van der Waals surface area contributed by atoms with E-state index < -0.39 is 6.04 Å². The lowest BCUT2D eigenvalue weighted by atomic mass is 10.1. The number of benzene rings is 1. The van der Waals surface area contributed by atoms with Gasteiger partial charge in [-0.1, -0.05) is 12.1 Å². The van der Waals surface area contributed by atoms with Gasteiger partial charge in [0.15, 0.2) is 5.13 Å². The Morgan fingerprint density at radius 3 is 2.76 bits per heavy atom. The quantitative estimate of drug-likeness (QED) is 0.602. The molecular weight excluding hydrogens is 390 g/mol. The highest BCUT2D eigenvalue weighted by Crippen LogP contribution is 2.24. The van der Waals surface area contributed by atoms with E-state index in [4.69, 9.17) is 0 Å². The first kappa shape index (κ1) is 18.8. The number of hydrogen-bond acceptors (Lipinski definition) is 6. The maximum atomic E-state index is 12.4. The molecule has 146 valence electrons. The van der Waals surface area contributed by atoms with Gasteiger partial charge in [0.25, 0.3) is 5.91 Å². The summed E-state index contributed by atoms with van der Waals surface area (Å²) in [4.78, 5) is 45.4. The minimum atomic E-state index is -0.788. The predicted molar refractivity (Wildman–Crippen MR) is 110 cm³/mol. The minimum absolute atomic E-state index is 0.0683. The standard InChI is InChI=1S/C20H17N5O3S/c26-17(25-20-24-16(11-29-20)12-7-9-21-10-8-12)6-5-15-19(28)22-14-4-2-1-3-13(14)18(27)23-15/h1-4,7-11,15H,5-6H2,(H,22,28)(H,23,27)(H,24,25,26)/t15-/m1/s1. The van der Waals surface area contributed by atoms with Crippen LogP contribution in [0.4, 0.5) is 10.8 Å². The summed E-state index contributed by atoms with van der Waals surface area (Å²) in [7, 11) is 0. The molecule has 1 aliphatic rings. The molecule has 0 unspecified atom stereocenters. The topological polar surface area (TPSA) is 113 Å². The molecule has 0 radical (unpaired) electrons. The fourth-order valence-electron chi connectivity index (χ4n) is 2.96. The highest BCUT2D eigenvalue weighted by atomic mass is 32.1. The van der Waals surface area contributed by atoms with Crippen LogP contribution >= 0.6 is 11.3 Å². The van der Waals surface area contributed by atoms with E-state index in [0.717, 1.165) is 11.3 Å². The summed E-state index contributed by atoms with van der Waals surface area (Å²) >= 11 is 1.32. The summed E-state index contributed by atoms with van der Waals surface area (Å²) in [6, 6.07) is 9.68. The highest BCUT2D eigenvalue weighted by Gasteiger charge is 2.27. The molecule has 3 amide bonds. The zero-order chi connectivity index (χ0) is 20.2. The number of nitrogens with one attached hydrogen (secondary N) is 3. The molecular formula is C20H17N5O3S. The second-order valence-corrected chi connectivity index (χ2v) is 7.28. The first-order chi connectivity index (χ1) is 14.1. The van der Waals surface area contributed by atoms with Crippen LogP contribution in [-0.2, 0) is 9.59 Å². The van der Waals surface area contributed by atoms with Gasteiger partial charge < -0.3 is 16.0 Å². The molecule has 1 aliphatic heterocycles. The van der Waals surface area contributed by atoms with Crippen molar-refractivity contribution < 1.29 is 14.4 Å². The van der Waals surface area contributed by atoms with Gasteiger partial charge in [-0.2, -0.15) is 0 Å². The second kappa shape index (κ2) is 8.19. The number of rotatable bonds is 5. The molecule has 3 N–H and O–H groups in total. The molecule has 29 heavy (non-hydrogen) atoms. The molecule has 3 heterocycles. The van der Waals surface area contributed by atoms with E-state index in [-0.39, 0.29) is 30.6 Å². The molecule has 0 fully saturated rings. The van der Waals surface area contributed by atoms with Crippen LogP contribution in [0, 0.1) is 0 Å². The number of nitrogens with zero attached hydrogens (tertiary/aromatic N) is 2. The lowest BCUT2D eigenvalue weighted by Gasteiger charge is -2.13. The van der Waals surface area contributed by atoms with E-state index in [2.05, 4.69) is 25.9 Å². The summed E-state index contributed by atoms with van der Waals surface area (Å²) in [5, 5.41) is 10.5.